The van der Waals surface area contributed by atoms with Gasteiger partial charge in [-0.15, -0.1) is 0 Å². The Labute approximate surface area is 449 Å². The van der Waals surface area contributed by atoms with Gasteiger partial charge in [-0.3, -0.25) is 4.79 Å². The number of aryl methyl sites for hydroxylation is 1. The second kappa shape index (κ2) is 22.2. The third-order valence-corrected chi connectivity index (χ3v) is 17.6. The van der Waals surface area contributed by atoms with Crippen LogP contribution in [0.2, 0.25) is 0 Å². The highest BCUT2D eigenvalue weighted by Crippen LogP contribution is 2.57. The minimum atomic E-state index is -1.37. The van der Waals surface area contributed by atoms with E-state index in [0.717, 1.165) is 28.7 Å². The van der Waals surface area contributed by atoms with Crippen LogP contribution in [0.25, 0.3) is 17.0 Å². The van der Waals surface area contributed by atoms with Gasteiger partial charge < -0.3 is 38.7 Å². The molecule has 1 saturated carbocycles. The molecule has 0 spiro atoms. The van der Waals surface area contributed by atoms with Crippen LogP contribution >= 0.6 is 0 Å². The average Bonchev–Trinajstić information content (AvgIpc) is 3.91. The van der Waals surface area contributed by atoms with E-state index in [1.54, 1.807) is 19.1 Å². The highest BCUT2D eigenvalue weighted by atomic mass is 16.6. The van der Waals surface area contributed by atoms with Crippen molar-refractivity contribution in [3.8, 4) is 5.75 Å². The molecule has 6 aliphatic rings. The lowest BCUT2D eigenvalue weighted by molar-refractivity contribution is -0.199. The van der Waals surface area contributed by atoms with E-state index < -0.39 is 47.9 Å². The van der Waals surface area contributed by atoms with Crippen LogP contribution < -0.4 is 10.4 Å². The van der Waals surface area contributed by atoms with Crippen LogP contribution in [0.15, 0.2) is 154 Å². The van der Waals surface area contributed by atoms with E-state index in [1.165, 1.54) is 23.8 Å². The SMILES string of the molecule is COC[C@@H](CCO)c1c(CO)c2ccc3c(c2oc1=O)[C@H]1OC(=O)C[C@H]2C[C@@H](c4cccc(Cc5ccccc5)c4)C=C[C@H]2c2ccc(cc2)CC/C(=C(\C)CO)C(=O)O[C@@H]1[C@](C)([C@H]1C[C@@H]2C=Cc4ccccc4[C@@H]2C1)O3. The molecule has 3 aliphatic heterocycles. The Morgan fingerprint density at radius 3 is 2.38 bits per heavy atom. The molecule has 3 N–H and O–H groups in total. The van der Waals surface area contributed by atoms with Gasteiger partial charge in [-0.05, 0) is 139 Å². The first-order chi connectivity index (χ1) is 37.5. The first-order valence-corrected chi connectivity index (χ1v) is 27.4. The minimum Gasteiger partial charge on any atom is -0.483 e. The fraction of sp³-hybridized carbons (Fsp3) is 0.379. The number of hydrogen-bond acceptors (Lipinski definition) is 11. The molecule has 0 saturated heterocycles. The third-order valence-electron chi connectivity index (χ3n) is 17.6. The molecule has 12 rings (SSSR count). The molecular weight excluding hydrogens is 969 g/mol. The molecular formula is C66H68O11. The lowest BCUT2D eigenvalue weighted by atomic mass is 9.72. The van der Waals surface area contributed by atoms with Crippen molar-refractivity contribution < 1.29 is 48.3 Å². The Balaban J connectivity index is 1.06. The zero-order valence-corrected chi connectivity index (χ0v) is 44.1. The fourth-order valence-electron chi connectivity index (χ4n) is 13.6. The Morgan fingerprint density at radius 1 is 0.805 bits per heavy atom. The van der Waals surface area contributed by atoms with E-state index >= 15 is 9.59 Å². The molecule has 0 amide bonds. The number of hydrogen-bond donors (Lipinski definition) is 3. The summed E-state index contributed by atoms with van der Waals surface area (Å²) in [4.78, 5) is 45.2. The van der Waals surface area contributed by atoms with E-state index in [0.29, 0.717) is 48.0 Å². The van der Waals surface area contributed by atoms with Gasteiger partial charge in [0.2, 0.25) is 0 Å². The molecule has 398 valence electrons. The number of rotatable bonds is 11. The number of aliphatic hydroxyl groups is 3. The van der Waals surface area contributed by atoms with Crippen LogP contribution in [0.5, 0.6) is 5.75 Å². The van der Waals surface area contributed by atoms with E-state index in [1.807, 2.05) is 19.1 Å². The zero-order chi connectivity index (χ0) is 53.4. The summed E-state index contributed by atoms with van der Waals surface area (Å²) in [6.45, 7) is 2.58. The molecule has 2 bridgehead atoms. The van der Waals surface area contributed by atoms with Gasteiger partial charge in [0.1, 0.15) is 16.9 Å². The number of carbonyl (C=O) groups excluding carboxylic acids is 2. The molecule has 1 fully saturated rings. The van der Waals surface area contributed by atoms with Crippen LogP contribution in [0.1, 0.15) is 138 Å². The Bertz CT molecular complexity index is 3310. The second-order valence-electron chi connectivity index (χ2n) is 22.2. The fourth-order valence-corrected chi connectivity index (χ4v) is 13.6. The number of fused-ring (bicyclic) bond motifs is 14. The summed E-state index contributed by atoms with van der Waals surface area (Å²) in [6, 6.07) is 39.4. The van der Waals surface area contributed by atoms with E-state index in [2.05, 4.69) is 115 Å². The van der Waals surface area contributed by atoms with Gasteiger partial charge in [-0.2, -0.15) is 0 Å². The monoisotopic (exact) mass is 1040 g/mol. The Morgan fingerprint density at radius 2 is 1.60 bits per heavy atom. The van der Waals surface area contributed by atoms with Crippen molar-refractivity contribution >= 4 is 29.0 Å². The van der Waals surface area contributed by atoms with Crippen molar-refractivity contribution in [1.82, 2.24) is 0 Å². The molecule has 1 aromatic heterocycles. The maximum atomic E-state index is 15.5. The molecule has 0 unspecified atom stereocenters. The maximum absolute atomic E-state index is 15.5. The van der Waals surface area contributed by atoms with Gasteiger partial charge in [0.05, 0.1) is 25.4 Å². The van der Waals surface area contributed by atoms with Crippen LogP contribution in [0.4, 0.5) is 0 Å². The maximum Gasteiger partial charge on any atom is 0.340 e. The quantitative estimate of drug-likeness (QED) is 0.0490. The van der Waals surface area contributed by atoms with Crippen LogP contribution in [-0.2, 0) is 43.2 Å². The Hall–Kier alpha value is -6.89. The van der Waals surface area contributed by atoms with Gasteiger partial charge in [0.25, 0.3) is 0 Å². The number of allylic oxidation sites excluding steroid dienone is 3. The first kappa shape index (κ1) is 52.2. The van der Waals surface area contributed by atoms with Crippen molar-refractivity contribution in [3.63, 3.8) is 0 Å². The number of esters is 2. The molecule has 5 aromatic carbocycles. The summed E-state index contributed by atoms with van der Waals surface area (Å²) in [5, 5.41) is 32.3. The summed E-state index contributed by atoms with van der Waals surface area (Å²) in [7, 11) is 1.51. The van der Waals surface area contributed by atoms with Gasteiger partial charge in [-0.1, -0.05) is 127 Å². The molecule has 3 aliphatic carbocycles. The highest BCUT2D eigenvalue weighted by Gasteiger charge is 2.59. The topological polar surface area (TPSA) is 162 Å². The van der Waals surface area contributed by atoms with Crippen LogP contribution in [-0.4, -0.2) is 65.9 Å². The predicted molar refractivity (Wildman–Crippen MR) is 294 cm³/mol. The largest absolute Gasteiger partial charge is 0.483 e. The molecule has 10 atom stereocenters. The number of carbonyl (C=O) groups is 2. The van der Waals surface area contributed by atoms with Gasteiger partial charge in [0.15, 0.2) is 12.2 Å². The zero-order valence-electron chi connectivity index (χ0n) is 44.1. The van der Waals surface area contributed by atoms with Crippen molar-refractivity contribution in [2.75, 3.05) is 26.9 Å². The van der Waals surface area contributed by atoms with Crippen molar-refractivity contribution in [2.24, 2.45) is 17.8 Å². The van der Waals surface area contributed by atoms with E-state index in [-0.39, 0.29) is 96.9 Å². The number of methoxy groups -OCH3 is 1. The highest BCUT2D eigenvalue weighted by molar-refractivity contribution is 5.90. The molecule has 0 radical (unpaired) electrons. The van der Waals surface area contributed by atoms with E-state index in [9.17, 15) is 20.1 Å². The third kappa shape index (κ3) is 10.2. The second-order valence-corrected chi connectivity index (χ2v) is 22.2. The minimum absolute atomic E-state index is 0.00553. The summed E-state index contributed by atoms with van der Waals surface area (Å²) >= 11 is 0. The van der Waals surface area contributed by atoms with Gasteiger partial charge >= 0.3 is 17.6 Å². The summed E-state index contributed by atoms with van der Waals surface area (Å²) in [5.41, 5.74) is 7.44. The van der Waals surface area contributed by atoms with Gasteiger partial charge in [-0.25, -0.2) is 9.59 Å². The smallest absolute Gasteiger partial charge is 0.340 e. The number of aliphatic hydroxyl groups excluding tert-OH is 3. The standard InChI is InChI=1S/C66H68O11/c1-39(36-68)51-24-18-40-16-19-44(20-17-40)52-25-23-46(45-14-9-12-42(31-45)30-41-10-5-4-6-11-41)32-49(52)34-58(70)74-62-60-57(27-26-54-56(37-69)59(65(72)75-61(54)60)48(28-29-67)38-73-3)77-66(2,63(62)76-64(51)71)50-33-47-22-21-43-13-7-8-15-53(43)55(47)35-50/h4-17,19-23,25-27,31,46-50,52,55,62-63,67-69H,18,24,28-30,32-38H2,1-3H3/b51-39-/t46-,47-,48+,49+,50-,52-,55+,62+,63-,66-/m0/s1. The van der Waals surface area contributed by atoms with Crippen LogP contribution in [0, 0.1) is 17.8 Å². The molecule has 11 nitrogen and oxygen atoms in total. The van der Waals surface area contributed by atoms with Crippen molar-refractivity contribution in [3.05, 3.63) is 211 Å². The van der Waals surface area contributed by atoms with Crippen LogP contribution in [0.3, 0.4) is 0 Å². The molecule has 4 heterocycles. The summed E-state index contributed by atoms with van der Waals surface area (Å²) in [5.74, 6) is -1.81. The summed E-state index contributed by atoms with van der Waals surface area (Å²) in [6.07, 6.45) is 10.0. The van der Waals surface area contributed by atoms with Crippen molar-refractivity contribution in [1.29, 1.82) is 0 Å². The van der Waals surface area contributed by atoms with E-state index in [4.69, 9.17) is 23.4 Å². The summed E-state index contributed by atoms with van der Waals surface area (Å²) < 4.78 is 33.1. The number of ether oxygens (including phenoxy) is 4. The van der Waals surface area contributed by atoms with Crippen molar-refractivity contribution in [2.45, 2.75) is 113 Å². The van der Waals surface area contributed by atoms with Gasteiger partial charge in [0, 0.05) is 60.3 Å². The lowest BCUT2D eigenvalue weighted by Crippen LogP contribution is -2.58. The average molecular weight is 1040 g/mol. The normalized spacial score (nSPS) is 26.8. The first-order valence-electron chi connectivity index (χ1n) is 27.4. The molecule has 6 aromatic rings. The molecule has 11 heteroatoms. The number of benzene rings is 5. The predicted octanol–water partition coefficient (Wildman–Crippen LogP) is 11.3. The Kier molecular flexibility index (Phi) is 15.1. The molecule has 77 heavy (non-hydrogen) atoms. The lowest BCUT2D eigenvalue weighted by Gasteiger charge is -2.48.